The molecular weight excluding hydrogens is 226 g/mol. The van der Waals surface area contributed by atoms with Crippen LogP contribution < -0.4 is 5.73 Å². The Morgan fingerprint density at radius 1 is 1.29 bits per heavy atom. The maximum Gasteiger partial charge on any atom is 0.0277 e. The Kier molecular flexibility index (Phi) is 4.52. The van der Waals surface area contributed by atoms with E-state index in [0.717, 1.165) is 11.2 Å². The summed E-state index contributed by atoms with van der Waals surface area (Å²) in [6.07, 6.45) is 5.52. The van der Waals surface area contributed by atoms with Gasteiger partial charge in [-0.15, -0.1) is 11.8 Å². The summed E-state index contributed by atoms with van der Waals surface area (Å²) in [5.41, 5.74) is 7.34. The molecule has 0 spiro atoms. The molecular formula is C15H23NS. The molecule has 0 heterocycles. The molecule has 1 saturated carbocycles. The molecule has 2 unspecified atom stereocenters. The van der Waals surface area contributed by atoms with Crippen molar-refractivity contribution in [2.45, 2.75) is 55.7 Å². The van der Waals surface area contributed by atoms with Gasteiger partial charge in [0.25, 0.3) is 0 Å². The topological polar surface area (TPSA) is 26.0 Å². The SMILES string of the molecule is CC1CCCC(Sc2ccccc2[C@@H](C)N)C1. The van der Waals surface area contributed by atoms with E-state index in [2.05, 4.69) is 38.1 Å². The number of hydrogen-bond acceptors (Lipinski definition) is 2. The first kappa shape index (κ1) is 13.0. The van der Waals surface area contributed by atoms with E-state index in [0.29, 0.717) is 0 Å². The molecule has 0 saturated heterocycles. The molecule has 1 aromatic carbocycles. The molecule has 1 aliphatic carbocycles. The molecule has 17 heavy (non-hydrogen) atoms. The second-order valence-electron chi connectivity index (χ2n) is 5.34. The Morgan fingerprint density at radius 2 is 2.06 bits per heavy atom. The van der Waals surface area contributed by atoms with Gasteiger partial charge in [-0.3, -0.25) is 0 Å². The van der Waals surface area contributed by atoms with Crippen LogP contribution in [0, 0.1) is 5.92 Å². The van der Waals surface area contributed by atoms with Crippen LogP contribution in [-0.2, 0) is 0 Å². The van der Waals surface area contributed by atoms with Crippen LogP contribution in [-0.4, -0.2) is 5.25 Å². The number of rotatable bonds is 3. The highest BCUT2D eigenvalue weighted by molar-refractivity contribution is 8.00. The van der Waals surface area contributed by atoms with Crippen LogP contribution in [0.5, 0.6) is 0 Å². The molecule has 94 valence electrons. The summed E-state index contributed by atoms with van der Waals surface area (Å²) < 4.78 is 0. The minimum atomic E-state index is 0.139. The van der Waals surface area contributed by atoms with Crippen molar-refractivity contribution in [2.75, 3.05) is 0 Å². The Bertz CT molecular complexity index is 362. The van der Waals surface area contributed by atoms with Gasteiger partial charge in [-0.2, -0.15) is 0 Å². The first-order valence-electron chi connectivity index (χ1n) is 6.68. The maximum absolute atomic E-state index is 6.03. The van der Waals surface area contributed by atoms with Gasteiger partial charge in [-0.25, -0.2) is 0 Å². The van der Waals surface area contributed by atoms with Crippen LogP contribution in [0.25, 0.3) is 0 Å². The molecule has 0 aliphatic heterocycles. The third-order valence-corrected chi connectivity index (χ3v) is 4.98. The van der Waals surface area contributed by atoms with E-state index in [1.165, 1.54) is 36.1 Å². The van der Waals surface area contributed by atoms with Gasteiger partial charge in [0.2, 0.25) is 0 Å². The first-order chi connectivity index (χ1) is 8.16. The van der Waals surface area contributed by atoms with Crippen LogP contribution in [0.1, 0.15) is 51.1 Å². The minimum Gasteiger partial charge on any atom is -0.324 e. The van der Waals surface area contributed by atoms with E-state index in [1.54, 1.807) is 0 Å². The molecule has 1 aliphatic rings. The standard InChI is InChI=1S/C15H23NS/c1-11-6-5-7-13(10-11)17-15-9-4-3-8-14(15)12(2)16/h3-4,8-9,11-13H,5-7,10,16H2,1-2H3/t11?,12-,13?/m1/s1. The summed E-state index contributed by atoms with van der Waals surface area (Å²) in [6.45, 7) is 4.45. The summed E-state index contributed by atoms with van der Waals surface area (Å²) in [4.78, 5) is 1.39. The lowest BCUT2D eigenvalue weighted by Crippen LogP contribution is -2.15. The quantitative estimate of drug-likeness (QED) is 0.860. The van der Waals surface area contributed by atoms with E-state index in [-0.39, 0.29) is 6.04 Å². The third-order valence-electron chi connectivity index (χ3n) is 3.59. The molecule has 2 rings (SSSR count). The molecule has 0 aromatic heterocycles. The molecule has 1 aromatic rings. The maximum atomic E-state index is 6.03. The summed E-state index contributed by atoms with van der Waals surface area (Å²) in [6, 6.07) is 8.74. The predicted octanol–water partition coefficient (Wildman–Crippen LogP) is 4.38. The van der Waals surface area contributed by atoms with Gasteiger partial charge in [0.1, 0.15) is 0 Å². The van der Waals surface area contributed by atoms with Crippen LogP contribution in [0.2, 0.25) is 0 Å². The van der Waals surface area contributed by atoms with E-state index in [9.17, 15) is 0 Å². The average Bonchev–Trinajstić information content (AvgIpc) is 2.29. The van der Waals surface area contributed by atoms with Crippen LogP contribution in [0.4, 0.5) is 0 Å². The molecule has 0 amide bonds. The van der Waals surface area contributed by atoms with Crippen molar-refractivity contribution < 1.29 is 0 Å². The zero-order valence-corrected chi connectivity index (χ0v) is 11.7. The van der Waals surface area contributed by atoms with Gasteiger partial charge >= 0.3 is 0 Å². The van der Waals surface area contributed by atoms with Crippen molar-refractivity contribution in [3.8, 4) is 0 Å². The van der Waals surface area contributed by atoms with Crippen molar-refractivity contribution in [1.82, 2.24) is 0 Å². The highest BCUT2D eigenvalue weighted by Gasteiger charge is 2.20. The Balaban J connectivity index is 2.07. The van der Waals surface area contributed by atoms with E-state index >= 15 is 0 Å². The Morgan fingerprint density at radius 3 is 2.76 bits per heavy atom. The molecule has 0 bridgehead atoms. The van der Waals surface area contributed by atoms with Gasteiger partial charge in [-0.05, 0) is 37.3 Å². The third kappa shape index (κ3) is 3.49. The predicted molar refractivity (Wildman–Crippen MR) is 76.3 cm³/mol. The largest absolute Gasteiger partial charge is 0.324 e. The fourth-order valence-corrected chi connectivity index (χ4v) is 4.24. The highest BCUT2D eigenvalue weighted by atomic mass is 32.2. The van der Waals surface area contributed by atoms with Crippen LogP contribution in [0.3, 0.4) is 0 Å². The fraction of sp³-hybridized carbons (Fsp3) is 0.600. The van der Waals surface area contributed by atoms with Crippen LogP contribution in [0.15, 0.2) is 29.2 Å². The van der Waals surface area contributed by atoms with Crippen LogP contribution >= 0.6 is 11.8 Å². The zero-order valence-electron chi connectivity index (χ0n) is 10.9. The van der Waals surface area contributed by atoms with Gasteiger partial charge < -0.3 is 5.73 Å². The summed E-state index contributed by atoms with van der Waals surface area (Å²) in [7, 11) is 0. The second kappa shape index (κ2) is 5.92. The van der Waals surface area contributed by atoms with Crippen molar-refractivity contribution >= 4 is 11.8 Å². The van der Waals surface area contributed by atoms with Crippen molar-refractivity contribution in [1.29, 1.82) is 0 Å². The molecule has 2 N–H and O–H groups in total. The minimum absolute atomic E-state index is 0.139. The van der Waals surface area contributed by atoms with E-state index in [4.69, 9.17) is 5.73 Å². The molecule has 1 nitrogen and oxygen atoms in total. The monoisotopic (exact) mass is 249 g/mol. The number of hydrogen-bond donors (Lipinski definition) is 1. The average molecular weight is 249 g/mol. The zero-order chi connectivity index (χ0) is 12.3. The summed E-state index contributed by atoms with van der Waals surface area (Å²) in [5.74, 6) is 0.892. The number of benzene rings is 1. The lowest BCUT2D eigenvalue weighted by atomic mass is 9.91. The number of thioether (sulfide) groups is 1. The lowest BCUT2D eigenvalue weighted by Gasteiger charge is -2.27. The van der Waals surface area contributed by atoms with Gasteiger partial charge in [0.05, 0.1) is 0 Å². The Hall–Kier alpha value is -0.470. The van der Waals surface area contributed by atoms with Gasteiger partial charge in [0.15, 0.2) is 0 Å². The highest BCUT2D eigenvalue weighted by Crippen LogP contribution is 2.38. The normalized spacial score (nSPS) is 26.8. The second-order valence-corrected chi connectivity index (χ2v) is 6.68. The molecule has 0 radical (unpaired) electrons. The fourth-order valence-electron chi connectivity index (χ4n) is 2.63. The molecule has 1 fully saturated rings. The van der Waals surface area contributed by atoms with Crippen molar-refractivity contribution in [2.24, 2.45) is 11.7 Å². The first-order valence-corrected chi connectivity index (χ1v) is 7.56. The Labute approximate surface area is 109 Å². The van der Waals surface area contributed by atoms with Gasteiger partial charge in [0, 0.05) is 16.2 Å². The smallest absolute Gasteiger partial charge is 0.0277 e. The molecule has 2 heteroatoms. The van der Waals surface area contributed by atoms with Crippen molar-refractivity contribution in [3.63, 3.8) is 0 Å². The van der Waals surface area contributed by atoms with E-state index < -0.39 is 0 Å². The molecule has 3 atom stereocenters. The lowest BCUT2D eigenvalue weighted by molar-refractivity contribution is 0.394. The summed E-state index contributed by atoms with van der Waals surface area (Å²) in [5, 5.41) is 0.790. The summed E-state index contributed by atoms with van der Waals surface area (Å²) >= 11 is 2.04. The van der Waals surface area contributed by atoms with Crippen molar-refractivity contribution in [3.05, 3.63) is 29.8 Å². The van der Waals surface area contributed by atoms with Gasteiger partial charge in [-0.1, -0.05) is 38.0 Å². The van der Waals surface area contributed by atoms with E-state index in [1.807, 2.05) is 11.8 Å². The number of nitrogens with two attached hydrogens (primary N) is 1.